The van der Waals surface area contributed by atoms with Gasteiger partial charge in [-0.15, -0.1) is 0 Å². The molecule has 0 radical (unpaired) electrons. The van der Waals surface area contributed by atoms with Crippen LogP contribution in [0.5, 0.6) is 5.75 Å². The fourth-order valence-corrected chi connectivity index (χ4v) is 1.37. The lowest BCUT2D eigenvalue weighted by atomic mass is 10.1. The first-order valence-electron chi connectivity index (χ1n) is 4.07. The lowest BCUT2D eigenvalue weighted by Crippen LogP contribution is -1.96. The van der Waals surface area contributed by atoms with Crippen molar-refractivity contribution < 1.29 is 14.6 Å². The molecule has 1 aromatic carbocycles. The van der Waals surface area contributed by atoms with E-state index >= 15 is 0 Å². The van der Waals surface area contributed by atoms with Crippen LogP contribution in [0.25, 0.3) is 0 Å². The van der Waals surface area contributed by atoms with Gasteiger partial charge in [-0.25, -0.2) is 0 Å². The molecule has 14 heavy (non-hydrogen) atoms. The Morgan fingerprint density at radius 3 is 2.71 bits per heavy atom. The number of benzene rings is 1. The Kier molecular flexibility index (Phi) is 3.49. The van der Waals surface area contributed by atoms with Crippen LogP contribution in [0.2, 0.25) is 5.02 Å². The largest absolute Gasteiger partial charge is 0.507 e. The molecule has 1 N–H and O–H groups in total. The summed E-state index contributed by atoms with van der Waals surface area (Å²) in [4.78, 5) is 11.0. The minimum Gasteiger partial charge on any atom is -0.507 e. The summed E-state index contributed by atoms with van der Waals surface area (Å²) < 4.78 is 4.88. The molecule has 0 aliphatic carbocycles. The van der Waals surface area contributed by atoms with Crippen molar-refractivity contribution in [2.45, 2.75) is 13.5 Å². The smallest absolute Gasteiger partial charge is 0.163 e. The molecule has 0 amide bonds. The zero-order valence-corrected chi connectivity index (χ0v) is 8.76. The SMILES string of the molecule is COCc1cc(O)c(C(C)=O)cc1Cl. The molecule has 0 fully saturated rings. The lowest BCUT2D eigenvalue weighted by molar-refractivity contribution is 0.101. The molecule has 0 atom stereocenters. The highest BCUT2D eigenvalue weighted by Gasteiger charge is 2.10. The molecule has 3 nitrogen and oxygen atoms in total. The minimum absolute atomic E-state index is 0.0612. The summed E-state index contributed by atoms with van der Waals surface area (Å²) in [6.45, 7) is 1.69. The average Bonchev–Trinajstić information content (AvgIpc) is 2.10. The van der Waals surface area contributed by atoms with Crippen LogP contribution in [0.4, 0.5) is 0 Å². The van der Waals surface area contributed by atoms with Crippen LogP contribution in [0.3, 0.4) is 0 Å². The van der Waals surface area contributed by atoms with Crippen LogP contribution in [0.15, 0.2) is 12.1 Å². The molecule has 0 heterocycles. The number of phenolic OH excluding ortho intramolecular Hbond substituents is 1. The number of ether oxygens (including phenoxy) is 1. The monoisotopic (exact) mass is 214 g/mol. The summed E-state index contributed by atoms with van der Waals surface area (Å²) in [5.41, 5.74) is 0.895. The summed E-state index contributed by atoms with van der Waals surface area (Å²) in [5.74, 6) is -0.276. The van der Waals surface area contributed by atoms with Gasteiger partial charge in [0.25, 0.3) is 0 Å². The second-order valence-electron chi connectivity index (χ2n) is 2.95. The summed E-state index contributed by atoms with van der Waals surface area (Å²) in [7, 11) is 1.53. The van der Waals surface area contributed by atoms with Gasteiger partial charge >= 0.3 is 0 Å². The van der Waals surface area contributed by atoms with Crippen LogP contribution in [0, 0.1) is 0 Å². The molecule has 0 aromatic heterocycles. The normalized spacial score (nSPS) is 10.2. The molecule has 0 bridgehead atoms. The van der Waals surface area contributed by atoms with Crippen LogP contribution in [0.1, 0.15) is 22.8 Å². The number of hydrogen-bond acceptors (Lipinski definition) is 3. The molecule has 0 saturated heterocycles. The van der Waals surface area contributed by atoms with Crippen molar-refractivity contribution in [3.8, 4) is 5.75 Å². The number of carbonyl (C=O) groups excluding carboxylic acids is 1. The van der Waals surface area contributed by atoms with Gasteiger partial charge in [0.1, 0.15) is 5.75 Å². The third-order valence-corrected chi connectivity index (χ3v) is 2.20. The van der Waals surface area contributed by atoms with Gasteiger partial charge in [-0.3, -0.25) is 4.79 Å². The van der Waals surface area contributed by atoms with Crippen LogP contribution >= 0.6 is 11.6 Å². The number of rotatable bonds is 3. The predicted molar refractivity (Wildman–Crippen MR) is 53.8 cm³/mol. The van der Waals surface area contributed by atoms with E-state index in [4.69, 9.17) is 16.3 Å². The quantitative estimate of drug-likeness (QED) is 0.786. The van der Waals surface area contributed by atoms with E-state index in [0.717, 1.165) is 0 Å². The van der Waals surface area contributed by atoms with Crippen molar-refractivity contribution in [3.63, 3.8) is 0 Å². The minimum atomic E-state index is -0.214. The maximum absolute atomic E-state index is 11.0. The van der Waals surface area contributed by atoms with Crippen LogP contribution < -0.4 is 0 Å². The Morgan fingerprint density at radius 2 is 2.21 bits per heavy atom. The van der Waals surface area contributed by atoms with Gasteiger partial charge in [0.2, 0.25) is 0 Å². The zero-order valence-electron chi connectivity index (χ0n) is 8.00. The van der Waals surface area contributed by atoms with Gasteiger partial charge in [0.05, 0.1) is 12.2 Å². The molecule has 0 aliphatic rings. The van der Waals surface area contributed by atoms with E-state index in [1.807, 2.05) is 0 Å². The molecule has 76 valence electrons. The number of hydrogen-bond donors (Lipinski definition) is 1. The highest BCUT2D eigenvalue weighted by atomic mass is 35.5. The van der Waals surface area contributed by atoms with Gasteiger partial charge in [0, 0.05) is 17.7 Å². The molecule has 0 aliphatic heterocycles. The summed E-state index contributed by atoms with van der Waals surface area (Å²) in [6.07, 6.45) is 0. The second-order valence-corrected chi connectivity index (χ2v) is 3.36. The number of aromatic hydroxyl groups is 1. The Morgan fingerprint density at radius 1 is 1.57 bits per heavy atom. The maximum Gasteiger partial charge on any atom is 0.163 e. The summed E-state index contributed by atoms with van der Waals surface area (Å²) >= 11 is 5.88. The fraction of sp³-hybridized carbons (Fsp3) is 0.300. The number of methoxy groups -OCH3 is 1. The number of phenols is 1. The molecule has 0 saturated carbocycles. The van der Waals surface area contributed by atoms with Crippen molar-refractivity contribution in [1.82, 2.24) is 0 Å². The fourth-order valence-electron chi connectivity index (χ4n) is 1.15. The van der Waals surface area contributed by atoms with Gasteiger partial charge in [-0.1, -0.05) is 11.6 Å². The Hall–Kier alpha value is -1.06. The van der Waals surface area contributed by atoms with Crippen LogP contribution in [-0.4, -0.2) is 18.0 Å². The first-order chi connectivity index (χ1) is 6.56. The van der Waals surface area contributed by atoms with E-state index in [1.165, 1.54) is 26.2 Å². The van der Waals surface area contributed by atoms with E-state index in [0.29, 0.717) is 17.2 Å². The van der Waals surface area contributed by atoms with E-state index in [2.05, 4.69) is 0 Å². The molecular formula is C10H11ClO3. The van der Waals surface area contributed by atoms with E-state index in [9.17, 15) is 9.90 Å². The number of carbonyl (C=O) groups is 1. The zero-order chi connectivity index (χ0) is 10.7. The standard InChI is InChI=1S/C10H11ClO3/c1-6(12)8-4-9(11)7(5-14-2)3-10(8)13/h3-4,13H,5H2,1-2H3. The predicted octanol–water partition coefficient (Wildman–Crippen LogP) is 2.39. The molecule has 1 aromatic rings. The Labute approximate surface area is 87.3 Å². The summed E-state index contributed by atoms with van der Waals surface area (Å²) in [6, 6.07) is 2.90. The molecule has 4 heteroatoms. The second kappa shape index (κ2) is 4.44. The third kappa shape index (κ3) is 2.25. The number of halogens is 1. The lowest BCUT2D eigenvalue weighted by Gasteiger charge is -2.06. The van der Waals surface area contributed by atoms with Crippen molar-refractivity contribution in [2.24, 2.45) is 0 Å². The van der Waals surface area contributed by atoms with Crippen molar-refractivity contribution in [3.05, 3.63) is 28.3 Å². The highest BCUT2D eigenvalue weighted by Crippen LogP contribution is 2.26. The molecule has 0 spiro atoms. The molecule has 1 rings (SSSR count). The van der Waals surface area contributed by atoms with Gasteiger partial charge in [-0.2, -0.15) is 0 Å². The highest BCUT2D eigenvalue weighted by molar-refractivity contribution is 6.31. The maximum atomic E-state index is 11.0. The Balaban J connectivity index is 3.17. The number of ketones is 1. The number of Topliss-reactive ketones (excluding diaryl/α,β-unsaturated/α-hetero) is 1. The summed E-state index contributed by atoms with van der Waals surface area (Å²) in [5, 5.41) is 9.90. The van der Waals surface area contributed by atoms with Crippen molar-refractivity contribution in [1.29, 1.82) is 0 Å². The third-order valence-electron chi connectivity index (χ3n) is 1.84. The van der Waals surface area contributed by atoms with Crippen molar-refractivity contribution in [2.75, 3.05) is 7.11 Å². The van der Waals surface area contributed by atoms with E-state index in [1.54, 1.807) is 0 Å². The van der Waals surface area contributed by atoms with Crippen molar-refractivity contribution >= 4 is 17.4 Å². The average molecular weight is 215 g/mol. The first-order valence-corrected chi connectivity index (χ1v) is 4.45. The van der Waals surface area contributed by atoms with E-state index < -0.39 is 0 Å². The van der Waals surface area contributed by atoms with Gasteiger partial charge in [0.15, 0.2) is 5.78 Å². The Bertz CT molecular complexity index is 361. The topological polar surface area (TPSA) is 46.5 Å². The molecular weight excluding hydrogens is 204 g/mol. The molecule has 0 unspecified atom stereocenters. The van der Waals surface area contributed by atoms with Gasteiger partial charge in [-0.05, 0) is 19.1 Å². The van der Waals surface area contributed by atoms with Gasteiger partial charge < -0.3 is 9.84 Å². The first kappa shape index (κ1) is 11.0. The van der Waals surface area contributed by atoms with Crippen LogP contribution in [-0.2, 0) is 11.3 Å². The van der Waals surface area contributed by atoms with E-state index in [-0.39, 0.29) is 17.1 Å².